The first kappa shape index (κ1) is 32.5. The van der Waals surface area contributed by atoms with E-state index in [4.69, 9.17) is 10.5 Å². The highest BCUT2D eigenvalue weighted by Crippen LogP contribution is 2.32. The number of urea groups is 1. The maximum atomic E-state index is 14.0. The number of carbonyl (C=O) groups excluding carboxylic acids is 3. The van der Waals surface area contributed by atoms with Crippen LogP contribution in [0.25, 0.3) is 11.1 Å². The maximum Gasteiger partial charge on any atom is 0.312 e. The lowest BCUT2D eigenvalue weighted by atomic mass is 9.98. The first-order valence-electron chi connectivity index (χ1n) is 14.9. The number of hydrogen-bond acceptors (Lipinski definition) is 6. The molecule has 3 aromatic carbocycles. The van der Waals surface area contributed by atoms with Gasteiger partial charge in [-0.25, -0.2) is 4.79 Å². The largest absolute Gasteiger partial charge is 0.497 e. The third-order valence-corrected chi connectivity index (χ3v) is 7.73. The number of rotatable bonds is 12. The highest BCUT2D eigenvalue weighted by atomic mass is 16.5. The predicted molar refractivity (Wildman–Crippen MR) is 171 cm³/mol. The number of amides is 4. The van der Waals surface area contributed by atoms with Gasteiger partial charge in [0, 0.05) is 30.7 Å². The monoisotopic (exact) mass is 601 g/mol. The molecule has 0 aliphatic carbocycles. The summed E-state index contributed by atoms with van der Waals surface area (Å²) >= 11 is 0. The fourth-order valence-corrected chi connectivity index (χ4v) is 5.42. The molecule has 0 saturated heterocycles. The third-order valence-electron chi connectivity index (χ3n) is 7.73. The number of benzene rings is 3. The molecule has 0 radical (unpaired) electrons. The van der Waals surface area contributed by atoms with Crippen molar-refractivity contribution in [1.82, 2.24) is 16.0 Å². The molecule has 0 fully saturated rings. The molecule has 4 rings (SSSR count). The topological polar surface area (TPSA) is 146 Å². The molecule has 6 N–H and O–H groups in total. The zero-order chi connectivity index (χ0) is 31.9. The van der Waals surface area contributed by atoms with Crippen molar-refractivity contribution in [2.45, 2.75) is 70.8 Å². The van der Waals surface area contributed by atoms with Gasteiger partial charge in [-0.3, -0.25) is 9.59 Å². The van der Waals surface area contributed by atoms with E-state index in [1.165, 1.54) is 0 Å². The van der Waals surface area contributed by atoms with Crippen LogP contribution in [0.3, 0.4) is 0 Å². The minimum absolute atomic E-state index is 0.155. The Morgan fingerprint density at radius 3 is 2.52 bits per heavy atom. The standard InChI is InChI=1S/C34H43N5O5/c1-22(40)19-37-34(2,3)18-31(41)38-29-15-13-25-17-27(44-4)14-16-30(25)39(32(29)42)21-23-9-11-24(12-10-23)28-8-6-5-7-26(28)20-36-33(35)43/h5-12,14,16-17,22,29,37,40H,13,15,18-21H2,1-4H3,(H,38,41)(H3,35,36,43)/t22-,29-/m1/s1. The summed E-state index contributed by atoms with van der Waals surface area (Å²) in [6.07, 6.45) is 0.672. The number of nitrogens with zero attached hydrogens (tertiary/aromatic N) is 1. The number of primary amides is 1. The van der Waals surface area contributed by atoms with Crippen LogP contribution in [0.15, 0.2) is 66.7 Å². The number of nitrogens with two attached hydrogens (primary N) is 1. The molecule has 1 aliphatic rings. The molecule has 0 spiro atoms. The van der Waals surface area contributed by atoms with Gasteiger partial charge < -0.3 is 36.4 Å². The second-order valence-corrected chi connectivity index (χ2v) is 11.9. The molecule has 4 amide bonds. The number of carbonyl (C=O) groups is 3. The van der Waals surface area contributed by atoms with E-state index in [2.05, 4.69) is 16.0 Å². The quantitative estimate of drug-likeness (QED) is 0.214. The number of aryl methyl sites for hydroxylation is 1. The minimum atomic E-state index is -0.697. The van der Waals surface area contributed by atoms with Crippen LogP contribution in [0.4, 0.5) is 10.5 Å². The predicted octanol–water partition coefficient (Wildman–Crippen LogP) is 3.63. The second kappa shape index (κ2) is 14.4. The Labute approximate surface area is 259 Å². The number of anilines is 1. The van der Waals surface area contributed by atoms with Crippen LogP contribution >= 0.6 is 0 Å². The maximum absolute atomic E-state index is 14.0. The van der Waals surface area contributed by atoms with Crippen LogP contribution in [0.2, 0.25) is 0 Å². The summed E-state index contributed by atoms with van der Waals surface area (Å²) in [5.41, 5.74) is 10.3. The number of aliphatic hydroxyl groups is 1. The summed E-state index contributed by atoms with van der Waals surface area (Å²) in [6, 6.07) is 20.2. The van der Waals surface area contributed by atoms with Crippen molar-refractivity contribution < 1.29 is 24.2 Å². The Kier molecular flexibility index (Phi) is 10.6. The summed E-state index contributed by atoms with van der Waals surface area (Å²) in [5, 5.41) is 18.5. The van der Waals surface area contributed by atoms with E-state index in [1.807, 2.05) is 80.6 Å². The van der Waals surface area contributed by atoms with Gasteiger partial charge in [-0.1, -0.05) is 48.5 Å². The second-order valence-electron chi connectivity index (χ2n) is 11.9. The zero-order valence-electron chi connectivity index (χ0n) is 25.9. The molecular formula is C34H43N5O5. The summed E-state index contributed by atoms with van der Waals surface area (Å²) in [4.78, 5) is 40.1. The summed E-state index contributed by atoms with van der Waals surface area (Å²) in [7, 11) is 1.61. The number of β-amino-alcohol motifs (C(OH)–C–C–N with tert-alkyl or cyclic N) is 1. The molecule has 234 valence electrons. The van der Waals surface area contributed by atoms with Crippen LogP contribution in [-0.4, -0.2) is 54.3 Å². The lowest BCUT2D eigenvalue weighted by Gasteiger charge is -2.29. The average Bonchev–Trinajstić information content (AvgIpc) is 3.11. The van der Waals surface area contributed by atoms with E-state index in [0.29, 0.717) is 38.2 Å². The lowest BCUT2D eigenvalue weighted by Crippen LogP contribution is -2.51. The molecule has 0 bridgehead atoms. The number of ether oxygens (including phenoxy) is 1. The molecule has 1 aliphatic heterocycles. The molecule has 3 aromatic rings. The smallest absolute Gasteiger partial charge is 0.312 e. The van der Waals surface area contributed by atoms with Crippen molar-refractivity contribution in [2.24, 2.45) is 5.73 Å². The fourth-order valence-electron chi connectivity index (χ4n) is 5.42. The summed E-state index contributed by atoms with van der Waals surface area (Å²) < 4.78 is 5.45. The van der Waals surface area contributed by atoms with Gasteiger partial charge in [0.05, 0.1) is 19.8 Å². The van der Waals surface area contributed by atoms with Gasteiger partial charge in [0.15, 0.2) is 0 Å². The molecule has 0 unspecified atom stereocenters. The van der Waals surface area contributed by atoms with Crippen LogP contribution in [0, 0.1) is 0 Å². The Morgan fingerprint density at radius 1 is 1.11 bits per heavy atom. The van der Waals surface area contributed by atoms with E-state index in [-0.39, 0.29) is 18.2 Å². The average molecular weight is 602 g/mol. The molecule has 0 aromatic heterocycles. The SMILES string of the molecule is COc1ccc2c(c1)CC[C@@H](NC(=O)CC(C)(C)NC[C@@H](C)O)C(=O)N2Cc1ccc(-c2ccccc2CNC(N)=O)cc1. The van der Waals surface area contributed by atoms with Gasteiger partial charge in [-0.15, -0.1) is 0 Å². The Bertz CT molecular complexity index is 1470. The van der Waals surface area contributed by atoms with Crippen molar-refractivity contribution in [3.05, 3.63) is 83.4 Å². The van der Waals surface area contributed by atoms with Gasteiger partial charge in [-0.05, 0) is 79.6 Å². The number of hydrogen-bond donors (Lipinski definition) is 5. The van der Waals surface area contributed by atoms with Crippen LogP contribution in [-0.2, 0) is 29.1 Å². The number of methoxy groups -OCH3 is 1. The van der Waals surface area contributed by atoms with E-state index in [1.54, 1.807) is 18.9 Å². The Balaban J connectivity index is 1.56. The van der Waals surface area contributed by atoms with Gasteiger partial charge in [0.2, 0.25) is 11.8 Å². The summed E-state index contributed by atoms with van der Waals surface area (Å²) in [5.74, 6) is 0.297. The number of nitrogens with one attached hydrogen (secondary N) is 3. The van der Waals surface area contributed by atoms with Crippen molar-refractivity contribution in [3.8, 4) is 16.9 Å². The van der Waals surface area contributed by atoms with Crippen LogP contribution in [0.1, 0.15) is 50.3 Å². The van der Waals surface area contributed by atoms with Crippen molar-refractivity contribution in [1.29, 1.82) is 0 Å². The third kappa shape index (κ3) is 8.58. The van der Waals surface area contributed by atoms with E-state index in [9.17, 15) is 19.5 Å². The molecule has 10 heteroatoms. The molecule has 0 saturated carbocycles. The van der Waals surface area contributed by atoms with Crippen LogP contribution < -0.4 is 31.3 Å². The first-order valence-corrected chi connectivity index (χ1v) is 14.9. The van der Waals surface area contributed by atoms with Gasteiger partial charge in [0.25, 0.3) is 0 Å². The van der Waals surface area contributed by atoms with E-state index >= 15 is 0 Å². The molecule has 2 atom stereocenters. The Hall–Kier alpha value is -4.41. The van der Waals surface area contributed by atoms with Crippen molar-refractivity contribution in [3.63, 3.8) is 0 Å². The van der Waals surface area contributed by atoms with Crippen LogP contribution in [0.5, 0.6) is 5.75 Å². The van der Waals surface area contributed by atoms with Crippen molar-refractivity contribution in [2.75, 3.05) is 18.6 Å². The van der Waals surface area contributed by atoms with Gasteiger partial charge in [0.1, 0.15) is 11.8 Å². The summed E-state index contributed by atoms with van der Waals surface area (Å²) in [6.45, 7) is 6.48. The molecule has 1 heterocycles. The van der Waals surface area contributed by atoms with Gasteiger partial charge in [-0.2, -0.15) is 0 Å². The molecule has 44 heavy (non-hydrogen) atoms. The zero-order valence-corrected chi connectivity index (χ0v) is 25.9. The van der Waals surface area contributed by atoms with E-state index < -0.39 is 23.7 Å². The molecular weight excluding hydrogens is 558 g/mol. The van der Waals surface area contributed by atoms with E-state index in [0.717, 1.165) is 33.5 Å². The number of aliphatic hydroxyl groups excluding tert-OH is 1. The number of fused-ring (bicyclic) bond motifs is 1. The normalized spacial score (nSPS) is 15.6. The van der Waals surface area contributed by atoms with Gasteiger partial charge >= 0.3 is 6.03 Å². The Morgan fingerprint density at radius 2 is 1.84 bits per heavy atom. The highest BCUT2D eigenvalue weighted by Gasteiger charge is 2.33. The van der Waals surface area contributed by atoms with Crippen molar-refractivity contribution >= 4 is 23.5 Å². The lowest BCUT2D eigenvalue weighted by molar-refractivity contribution is -0.128. The molecule has 10 nitrogen and oxygen atoms in total. The fraction of sp³-hybridized carbons (Fsp3) is 0.382. The highest BCUT2D eigenvalue weighted by molar-refractivity contribution is 6.00. The minimum Gasteiger partial charge on any atom is -0.497 e. The first-order chi connectivity index (χ1) is 21.0.